The van der Waals surface area contributed by atoms with Crippen LogP contribution in [0.25, 0.3) is 11.0 Å². The third-order valence-corrected chi connectivity index (χ3v) is 8.88. The Labute approximate surface area is 239 Å². The summed E-state index contributed by atoms with van der Waals surface area (Å²) in [7, 11) is 0. The van der Waals surface area contributed by atoms with Crippen molar-refractivity contribution >= 4 is 68.7 Å². The number of carboxylic acid groups (broad SMARTS) is 1. The average molecular weight is 595 g/mol. The van der Waals surface area contributed by atoms with Crippen LogP contribution in [0.3, 0.4) is 0 Å². The summed E-state index contributed by atoms with van der Waals surface area (Å²) in [6.07, 6.45) is 1.97. The number of imidazole rings is 1. The highest BCUT2D eigenvalue weighted by molar-refractivity contribution is 8.00. The van der Waals surface area contributed by atoms with Gasteiger partial charge in [-0.25, -0.2) is 14.8 Å². The number of benzene rings is 1. The van der Waals surface area contributed by atoms with Crippen LogP contribution in [0, 0.1) is 0 Å². The first-order chi connectivity index (χ1) is 19.7. The number of nitrogen functional groups attached to an aromatic ring is 1. The lowest BCUT2D eigenvalue weighted by Gasteiger charge is -2.49. The molecule has 3 aromatic rings. The van der Waals surface area contributed by atoms with E-state index < -0.39 is 34.9 Å². The Kier molecular flexibility index (Phi) is 6.70. The Balaban J connectivity index is 1.17. The van der Waals surface area contributed by atoms with Crippen molar-refractivity contribution in [3.63, 3.8) is 0 Å². The van der Waals surface area contributed by atoms with Crippen molar-refractivity contribution in [1.29, 1.82) is 0 Å². The number of carbonyl (C=O) groups excluding carboxylic acids is 3. The molecule has 5 heterocycles. The number of allylic oxidation sites excluding steroid dienone is 1. The molecule has 0 spiro atoms. The number of fused-ring (bicyclic) bond motifs is 2. The summed E-state index contributed by atoms with van der Waals surface area (Å²) in [5.41, 5.74) is 7.42. The van der Waals surface area contributed by atoms with Gasteiger partial charge in [0.25, 0.3) is 11.8 Å². The van der Waals surface area contributed by atoms with E-state index in [0.29, 0.717) is 29.9 Å². The second-order valence-electron chi connectivity index (χ2n) is 9.41. The minimum absolute atomic E-state index is 0.0445. The van der Waals surface area contributed by atoms with Crippen LogP contribution < -0.4 is 11.1 Å². The molecule has 0 bridgehead atoms. The number of aliphatic carboxylic acids is 1. The highest BCUT2D eigenvalue weighted by Crippen LogP contribution is 2.41. The van der Waals surface area contributed by atoms with Crippen molar-refractivity contribution in [3.8, 4) is 0 Å². The number of thioether (sulfide) groups is 1. The van der Waals surface area contributed by atoms with Crippen molar-refractivity contribution in [2.75, 3.05) is 18.0 Å². The first-order valence-electron chi connectivity index (χ1n) is 12.3. The van der Waals surface area contributed by atoms with E-state index in [-0.39, 0.29) is 34.7 Å². The number of thiazole rings is 1. The topological polar surface area (TPSA) is 207 Å². The van der Waals surface area contributed by atoms with Crippen molar-refractivity contribution < 1.29 is 29.5 Å². The van der Waals surface area contributed by atoms with Gasteiger partial charge in [0.1, 0.15) is 28.6 Å². The fraction of sp³-hybridized carbons (Fsp3) is 0.240. The predicted molar refractivity (Wildman–Crippen MR) is 149 cm³/mol. The number of rotatable bonds is 7. The minimum atomic E-state index is -1.32. The number of hydrogen-bond acceptors (Lipinski definition) is 11. The van der Waals surface area contributed by atoms with Gasteiger partial charge in [0.05, 0.1) is 17.6 Å². The maximum absolute atomic E-state index is 13.2. The molecule has 2 saturated heterocycles. The Morgan fingerprint density at radius 2 is 2.07 bits per heavy atom. The Morgan fingerprint density at radius 1 is 1.27 bits per heavy atom. The number of nitrogens with one attached hydrogen (secondary N) is 2. The van der Waals surface area contributed by atoms with E-state index >= 15 is 0 Å². The number of aromatic amines is 1. The quantitative estimate of drug-likeness (QED) is 0.0857. The predicted octanol–water partition coefficient (Wildman–Crippen LogP) is 0.877. The Morgan fingerprint density at radius 3 is 2.78 bits per heavy atom. The van der Waals surface area contributed by atoms with Gasteiger partial charge in [-0.05, 0) is 30.2 Å². The molecule has 1 aromatic carbocycles. The molecular formula is C25H22N8O6S2. The summed E-state index contributed by atoms with van der Waals surface area (Å²) in [4.78, 5) is 65.5. The lowest BCUT2D eigenvalue weighted by molar-refractivity contribution is -0.150. The van der Waals surface area contributed by atoms with Crippen molar-refractivity contribution in [3.05, 3.63) is 64.1 Å². The number of likely N-dealkylation sites (tertiary alicyclic amines) is 1. The van der Waals surface area contributed by atoms with Gasteiger partial charge in [-0.3, -0.25) is 19.3 Å². The number of para-hydroxylation sites is 2. The number of carbonyl (C=O) groups is 4. The molecule has 0 unspecified atom stereocenters. The summed E-state index contributed by atoms with van der Waals surface area (Å²) in [5.74, 6) is -2.19. The van der Waals surface area contributed by atoms with E-state index in [0.717, 1.165) is 27.3 Å². The zero-order chi connectivity index (χ0) is 28.8. The molecule has 6 rings (SSSR count). The van der Waals surface area contributed by atoms with Gasteiger partial charge >= 0.3 is 5.97 Å². The monoisotopic (exact) mass is 594 g/mol. The van der Waals surface area contributed by atoms with Crippen LogP contribution >= 0.6 is 23.1 Å². The normalized spacial score (nSPS) is 22.0. The number of nitrogens with zero attached hydrogens (tertiary/aromatic N) is 5. The van der Waals surface area contributed by atoms with Crippen LogP contribution in [0.15, 0.2) is 57.7 Å². The molecule has 14 nitrogen and oxygen atoms in total. The van der Waals surface area contributed by atoms with Crippen LogP contribution in [0.5, 0.6) is 0 Å². The summed E-state index contributed by atoms with van der Waals surface area (Å²) in [6.45, 7) is 0.731. The lowest BCUT2D eigenvalue weighted by atomic mass is 10.0. The van der Waals surface area contributed by atoms with E-state index in [4.69, 9.17) is 5.73 Å². The van der Waals surface area contributed by atoms with E-state index in [1.807, 2.05) is 24.3 Å². The van der Waals surface area contributed by atoms with Gasteiger partial charge in [0.15, 0.2) is 10.8 Å². The van der Waals surface area contributed by atoms with Crippen LogP contribution in [0.4, 0.5) is 5.13 Å². The van der Waals surface area contributed by atoms with Gasteiger partial charge in [0, 0.05) is 23.3 Å². The van der Waals surface area contributed by atoms with Gasteiger partial charge in [-0.1, -0.05) is 17.3 Å². The van der Waals surface area contributed by atoms with Gasteiger partial charge in [-0.2, -0.15) is 0 Å². The molecule has 0 saturated carbocycles. The van der Waals surface area contributed by atoms with Crippen LogP contribution in [-0.2, 0) is 25.7 Å². The number of carboxylic acids is 1. The van der Waals surface area contributed by atoms with Gasteiger partial charge in [-0.15, -0.1) is 23.1 Å². The number of H-pyrrole nitrogens is 1. The molecule has 0 radical (unpaired) electrons. The summed E-state index contributed by atoms with van der Waals surface area (Å²) in [6, 6.07) is 6.51. The third-order valence-electron chi connectivity index (χ3n) is 6.91. The number of hydrogen-bond donors (Lipinski definition) is 5. The van der Waals surface area contributed by atoms with Gasteiger partial charge < -0.3 is 31.2 Å². The molecule has 2 aromatic heterocycles. The fourth-order valence-corrected chi connectivity index (χ4v) is 6.85. The molecule has 6 N–H and O–H groups in total. The van der Waals surface area contributed by atoms with E-state index in [9.17, 15) is 29.5 Å². The largest absolute Gasteiger partial charge is 0.477 e. The summed E-state index contributed by atoms with van der Waals surface area (Å²) >= 11 is 2.30. The zero-order valence-electron chi connectivity index (χ0n) is 21.1. The highest BCUT2D eigenvalue weighted by Gasteiger charge is 2.54. The van der Waals surface area contributed by atoms with Crippen molar-refractivity contribution in [2.24, 2.45) is 5.16 Å². The average Bonchev–Trinajstić information content (AvgIpc) is 3.66. The van der Waals surface area contributed by atoms with Crippen LogP contribution in [0.2, 0.25) is 0 Å². The maximum Gasteiger partial charge on any atom is 0.352 e. The Hall–Kier alpha value is -4.70. The number of aromatic nitrogens is 3. The molecule has 2 atom stereocenters. The number of oxime groups is 1. The SMILES string of the molecule is Nc1nc(/C(=N/O)C(=O)N[C@@H]2C(=O)N3C(C(=O)O)=C(/C=C4\CCN(Cc5nc6ccccc6[nH]5)C4=O)CS[C@H]23)cs1. The fourth-order valence-electron chi connectivity index (χ4n) is 5.00. The summed E-state index contributed by atoms with van der Waals surface area (Å²) in [5, 5.41) is 25.7. The Bertz CT molecular complexity index is 1680. The van der Waals surface area contributed by atoms with Crippen LogP contribution in [-0.4, -0.2) is 88.2 Å². The second kappa shape index (κ2) is 10.4. The first-order valence-corrected chi connectivity index (χ1v) is 14.3. The lowest BCUT2D eigenvalue weighted by Crippen LogP contribution is -2.71. The number of nitrogens with two attached hydrogens (primary N) is 1. The van der Waals surface area contributed by atoms with E-state index in [1.165, 1.54) is 17.1 Å². The first kappa shape index (κ1) is 26.5. The zero-order valence-corrected chi connectivity index (χ0v) is 22.7. The molecular weight excluding hydrogens is 572 g/mol. The van der Waals surface area contributed by atoms with Crippen molar-refractivity contribution in [2.45, 2.75) is 24.4 Å². The molecule has 41 heavy (non-hydrogen) atoms. The molecule has 210 valence electrons. The highest BCUT2D eigenvalue weighted by atomic mass is 32.2. The number of amides is 3. The standard InChI is InChI=1S/C25H22N8O6S2/c26-25-29-15(10-41-25)17(31-39)20(34)30-18-22(36)33-19(24(37)38)12(9-40-23(18)33)7-11-5-6-32(21(11)35)8-16-27-13-3-1-2-4-14(13)28-16/h1-4,7,10,18,23,39H,5-6,8-9H2,(H2,26,29)(H,27,28)(H,30,34)(H,37,38)/b11-7+,31-17-/t18-,23-/m1/s1. The van der Waals surface area contributed by atoms with Crippen LogP contribution in [0.1, 0.15) is 17.9 Å². The summed E-state index contributed by atoms with van der Waals surface area (Å²) < 4.78 is 0. The molecule has 16 heteroatoms. The maximum atomic E-state index is 13.2. The minimum Gasteiger partial charge on any atom is -0.477 e. The second-order valence-corrected chi connectivity index (χ2v) is 11.4. The number of anilines is 1. The molecule has 0 aliphatic carbocycles. The van der Waals surface area contributed by atoms with E-state index in [1.54, 1.807) is 11.0 Å². The smallest absolute Gasteiger partial charge is 0.352 e. The molecule has 2 fully saturated rings. The van der Waals surface area contributed by atoms with Crippen molar-refractivity contribution in [1.82, 2.24) is 30.1 Å². The molecule has 3 aliphatic heterocycles. The van der Waals surface area contributed by atoms with Gasteiger partial charge in [0.2, 0.25) is 5.91 Å². The third kappa shape index (κ3) is 4.70. The molecule has 3 aliphatic rings. The number of β-lactam (4-membered cyclic amide) rings is 1. The van der Waals surface area contributed by atoms with E-state index in [2.05, 4.69) is 25.4 Å². The molecule has 3 amide bonds.